The highest BCUT2D eigenvalue weighted by molar-refractivity contribution is 7.15. The molecule has 2 aromatic heterocycles. The van der Waals surface area contributed by atoms with E-state index in [-0.39, 0.29) is 5.91 Å². The third-order valence-corrected chi connectivity index (χ3v) is 3.41. The third-order valence-electron chi connectivity index (χ3n) is 2.42. The fourth-order valence-corrected chi connectivity index (χ4v) is 2.21. The number of aromatic nitrogens is 3. The van der Waals surface area contributed by atoms with Crippen LogP contribution in [-0.2, 0) is 6.42 Å². The number of carbonyl (C=O) groups is 1. The number of carbonyl (C=O) groups excluding carboxylic acids is 1. The van der Waals surface area contributed by atoms with Crippen LogP contribution in [0.1, 0.15) is 29.2 Å². The van der Waals surface area contributed by atoms with E-state index in [4.69, 9.17) is 0 Å². The zero-order chi connectivity index (χ0) is 13.7. The van der Waals surface area contributed by atoms with E-state index in [1.54, 1.807) is 12.3 Å². The monoisotopic (exact) mass is 277 g/mol. The van der Waals surface area contributed by atoms with Gasteiger partial charge in [0.1, 0.15) is 5.01 Å². The second-order valence-electron chi connectivity index (χ2n) is 3.76. The number of amides is 1. The first-order chi connectivity index (χ1) is 9.24. The molecule has 2 rings (SSSR count). The van der Waals surface area contributed by atoms with Crippen molar-refractivity contribution in [1.29, 1.82) is 0 Å². The number of hydrogen-bond donors (Lipinski definition) is 2. The number of hydrogen-bond acceptors (Lipinski definition) is 6. The van der Waals surface area contributed by atoms with Crippen LogP contribution in [0, 0.1) is 0 Å². The molecule has 19 heavy (non-hydrogen) atoms. The summed E-state index contributed by atoms with van der Waals surface area (Å²) in [5.74, 6) is -0.233. The largest absolute Gasteiger partial charge is 0.385 e. The summed E-state index contributed by atoms with van der Waals surface area (Å²) in [4.78, 5) is 16.1. The molecule has 2 aromatic rings. The van der Waals surface area contributed by atoms with Gasteiger partial charge in [0.25, 0.3) is 5.91 Å². The molecule has 0 aromatic carbocycles. The van der Waals surface area contributed by atoms with E-state index in [9.17, 15) is 4.79 Å². The summed E-state index contributed by atoms with van der Waals surface area (Å²) in [7, 11) is 0. The zero-order valence-corrected chi connectivity index (χ0v) is 11.6. The fourth-order valence-electron chi connectivity index (χ4n) is 1.53. The molecule has 0 aliphatic rings. The van der Waals surface area contributed by atoms with Gasteiger partial charge in [0.2, 0.25) is 5.13 Å². The van der Waals surface area contributed by atoms with Crippen LogP contribution in [0.5, 0.6) is 0 Å². The van der Waals surface area contributed by atoms with Gasteiger partial charge in [0, 0.05) is 18.9 Å². The van der Waals surface area contributed by atoms with Gasteiger partial charge in [0.05, 0.1) is 11.3 Å². The number of pyridine rings is 1. The highest BCUT2D eigenvalue weighted by Gasteiger charge is 2.13. The fraction of sp³-hybridized carbons (Fsp3) is 0.333. The lowest BCUT2D eigenvalue weighted by molar-refractivity contribution is 0.102. The maximum Gasteiger partial charge on any atom is 0.261 e. The number of anilines is 2. The van der Waals surface area contributed by atoms with E-state index in [1.807, 2.05) is 13.8 Å². The van der Waals surface area contributed by atoms with E-state index in [2.05, 4.69) is 25.8 Å². The Morgan fingerprint density at radius 3 is 2.89 bits per heavy atom. The lowest BCUT2D eigenvalue weighted by Gasteiger charge is -2.08. The van der Waals surface area contributed by atoms with Gasteiger partial charge in [-0.25, -0.2) is 0 Å². The van der Waals surface area contributed by atoms with Crippen LogP contribution in [0.15, 0.2) is 18.5 Å². The summed E-state index contributed by atoms with van der Waals surface area (Å²) >= 11 is 1.38. The van der Waals surface area contributed by atoms with Crippen LogP contribution >= 0.6 is 11.3 Å². The molecular weight excluding hydrogens is 262 g/mol. The molecule has 0 aliphatic carbocycles. The summed E-state index contributed by atoms with van der Waals surface area (Å²) in [6, 6.07) is 1.77. The second-order valence-corrected chi connectivity index (χ2v) is 4.82. The van der Waals surface area contributed by atoms with Gasteiger partial charge < -0.3 is 5.32 Å². The molecule has 0 spiro atoms. The van der Waals surface area contributed by atoms with Crippen molar-refractivity contribution in [3.05, 3.63) is 29.0 Å². The standard InChI is InChI=1S/C12H15N5OS/c1-3-10-16-17-12(19-10)15-11(18)8-7-13-6-5-9(8)14-4-2/h5-7H,3-4H2,1-2H3,(H,13,14)(H,15,17,18). The Hall–Kier alpha value is -2.02. The highest BCUT2D eigenvalue weighted by Crippen LogP contribution is 2.19. The first-order valence-corrected chi connectivity index (χ1v) is 6.87. The normalized spacial score (nSPS) is 10.2. The molecule has 0 radical (unpaired) electrons. The Kier molecular flexibility index (Phi) is 4.40. The van der Waals surface area contributed by atoms with Crippen molar-refractivity contribution in [3.63, 3.8) is 0 Å². The topological polar surface area (TPSA) is 79.8 Å². The van der Waals surface area contributed by atoms with Gasteiger partial charge in [-0.2, -0.15) is 0 Å². The van der Waals surface area contributed by atoms with Gasteiger partial charge in [-0.3, -0.25) is 15.1 Å². The van der Waals surface area contributed by atoms with Crippen molar-refractivity contribution in [3.8, 4) is 0 Å². The average molecular weight is 277 g/mol. The SMILES string of the molecule is CCNc1ccncc1C(=O)Nc1nnc(CC)s1. The Morgan fingerprint density at radius 1 is 1.37 bits per heavy atom. The minimum Gasteiger partial charge on any atom is -0.385 e. The number of nitrogens with one attached hydrogen (secondary N) is 2. The first kappa shape index (κ1) is 13.4. The van der Waals surface area contributed by atoms with Gasteiger partial charge in [-0.05, 0) is 19.4 Å². The van der Waals surface area contributed by atoms with E-state index < -0.39 is 0 Å². The van der Waals surface area contributed by atoms with Crippen LogP contribution in [-0.4, -0.2) is 27.6 Å². The first-order valence-electron chi connectivity index (χ1n) is 6.06. The third kappa shape index (κ3) is 3.25. The minimum absolute atomic E-state index is 0.233. The summed E-state index contributed by atoms with van der Waals surface area (Å²) in [6.07, 6.45) is 3.99. The molecule has 2 N–H and O–H groups in total. The van der Waals surface area contributed by atoms with E-state index in [1.165, 1.54) is 17.5 Å². The van der Waals surface area contributed by atoms with Gasteiger partial charge >= 0.3 is 0 Å². The molecule has 0 bridgehead atoms. The molecule has 0 aliphatic heterocycles. The number of rotatable bonds is 5. The van der Waals surface area contributed by atoms with Crippen LogP contribution in [0.2, 0.25) is 0 Å². The van der Waals surface area contributed by atoms with Crippen LogP contribution in [0.3, 0.4) is 0 Å². The quantitative estimate of drug-likeness (QED) is 0.875. The van der Waals surface area contributed by atoms with Crippen LogP contribution in [0.25, 0.3) is 0 Å². The van der Waals surface area contributed by atoms with Crippen molar-refractivity contribution in [2.24, 2.45) is 0 Å². The Balaban J connectivity index is 2.15. The highest BCUT2D eigenvalue weighted by atomic mass is 32.1. The van der Waals surface area contributed by atoms with Crippen molar-refractivity contribution in [2.75, 3.05) is 17.2 Å². The van der Waals surface area contributed by atoms with Gasteiger partial charge in [-0.1, -0.05) is 18.3 Å². The van der Waals surface area contributed by atoms with Crippen molar-refractivity contribution in [1.82, 2.24) is 15.2 Å². The Bertz CT molecular complexity index is 569. The second kappa shape index (κ2) is 6.24. The number of nitrogens with zero attached hydrogens (tertiary/aromatic N) is 3. The smallest absolute Gasteiger partial charge is 0.261 e. The summed E-state index contributed by atoms with van der Waals surface area (Å²) < 4.78 is 0. The van der Waals surface area contributed by atoms with Gasteiger partial charge in [0.15, 0.2) is 0 Å². The Morgan fingerprint density at radius 2 is 2.21 bits per heavy atom. The minimum atomic E-state index is -0.233. The summed E-state index contributed by atoms with van der Waals surface area (Å²) in [6.45, 7) is 4.71. The maximum absolute atomic E-state index is 12.2. The molecule has 0 saturated carbocycles. The molecule has 0 atom stereocenters. The molecule has 1 amide bonds. The molecule has 0 fully saturated rings. The van der Waals surface area contributed by atoms with E-state index in [0.717, 1.165) is 23.7 Å². The molecule has 0 saturated heterocycles. The maximum atomic E-state index is 12.2. The lowest BCUT2D eigenvalue weighted by Crippen LogP contribution is -2.15. The van der Waals surface area contributed by atoms with Crippen LogP contribution in [0.4, 0.5) is 10.8 Å². The molecule has 7 heteroatoms. The van der Waals surface area contributed by atoms with Crippen molar-refractivity contribution < 1.29 is 4.79 Å². The molecule has 6 nitrogen and oxygen atoms in total. The van der Waals surface area contributed by atoms with Crippen molar-refractivity contribution in [2.45, 2.75) is 20.3 Å². The molecule has 100 valence electrons. The van der Waals surface area contributed by atoms with E-state index in [0.29, 0.717) is 10.7 Å². The lowest BCUT2D eigenvalue weighted by atomic mass is 10.2. The predicted octanol–water partition coefficient (Wildman–Crippen LogP) is 2.18. The number of aryl methyl sites for hydroxylation is 1. The average Bonchev–Trinajstić information content (AvgIpc) is 2.87. The molecular formula is C12H15N5OS. The van der Waals surface area contributed by atoms with E-state index >= 15 is 0 Å². The molecule has 2 heterocycles. The summed E-state index contributed by atoms with van der Waals surface area (Å²) in [5.41, 5.74) is 1.26. The summed E-state index contributed by atoms with van der Waals surface area (Å²) in [5, 5.41) is 15.2. The predicted molar refractivity (Wildman–Crippen MR) is 75.6 cm³/mol. The Labute approximate surface area is 115 Å². The van der Waals surface area contributed by atoms with Crippen molar-refractivity contribution >= 4 is 28.1 Å². The van der Waals surface area contributed by atoms with Gasteiger partial charge in [-0.15, -0.1) is 10.2 Å². The zero-order valence-electron chi connectivity index (χ0n) is 10.8. The molecule has 0 unspecified atom stereocenters. The van der Waals surface area contributed by atoms with Crippen LogP contribution < -0.4 is 10.6 Å².